The zero-order valence-electron chi connectivity index (χ0n) is 26.7. The molecule has 0 aromatic heterocycles. The third-order valence-corrected chi connectivity index (χ3v) is 7.95. The van der Waals surface area contributed by atoms with Crippen LogP contribution in [-0.2, 0) is 23.3 Å². The number of fused-ring (bicyclic) bond motifs is 4. The van der Waals surface area contributed by atoms with E-state index in [0.717, 1.165) is 0 Å². The third kappa shape index (κ3) is 7.81. The van der Waals surface area contributed by atoms with Crippen LogP contribution in [0.4, 0.5) is 0 Å². The van der Waals surface area contributed by atoms with Gasteiger partial charge in [0.05, 0.1) is 0 Å². The summed E-state index contributed by atoms with van der Waals surface area (Å²) in [6, 6.07) is 52.5. The number of rotatable bonds is 2. The topological polar surface area (TPSA) is 0 Å². The van der Waals surface area contributed by atoms with Gasteiger partial charge in [-0.05, 0) is 32.7 Å². The summed E-state index contributed by atoms with van der Waals surface area (Å²) in [6.45, 7) is 7.38. The van der Waals surface area contributed by atoms with Crippen molar-refractivity contribution >= 4 is 74.8 Å². The number of hydrogen-bond acceptors (Lipinski definition) is 0. The predicted molar refractivity (Wildman–Crippen MR) is 208 cm³/mol. The molecule has 0 nitrogen and oxygen atoms in total. The molecule has 0 aliphatic rings. The average molecular weight is 733 g/mol. The molecule has 2 radical (unpaired) electrons. The molecule has 0 saturated carbocycles. The second-order valence-corrected chi connectivity index (χ2v) is 10.7. The molecule has 0 spiro atoms. The van der Waals surface area contributed by atoms with Gasteiger partial charge < -0.3 is 14.9 Å². The van der Waals surface area contributed by atoms with Gasteiger partial charge in [-0.1, -0.05) is 122 Å². The molecule has 0 heterocycles. The molecule has 4 heteroatoms. The summed E-state index contributed by atoms with van der Waals surface area (Å²) in [5, 5.41) is 10.6. The van der Waals surface area contributed by atoms with Gasteiger partial charge in [0, 0.05) is 0 Å². The zero-order chi connectivity index (χ0) is 29.1. The second kappa shape index (κ2) is 17.6. The Labute approximate surface area is 303 Å². The molecule has 8 aromatic rings. The van der Waals surface area contributed by atoms with Crippen LogP contribution in [-0.4, -0.2) is 6.88 Å². The summed E-state index contributed by atoms with van der Waals surface area (Å²) in [4.78, 5) is 0. The maximum absolute atomic E-state index is 3.06. The first kappa shape index (κ1) is 38.9. The normalized spacial score (nSPS) is 9.85. The molecule has 8 aromatic carbocycles. The molecular formula is C42H38Cl2SiZr-4. The monoisotopic (exact) mass is 730 g/mol. The van der Waals surface area contributed by atoms with Crippen LogP contribution in [0.25, 0.3) is 65.3 Å². The SMILES string of the molecule is Cc1cc2c(-c3cccc4ccccc34)cccc2[cH-]1.Cc1cc2c(-c3cccc4ccccc34)cccc2[cH-]1.Cl.Cl.[CH3-].[CH3-].[Si]=[Zr]. The van der Waals surface area contributed by atoms with Gasteiger partial charge in [-0.3, -0.25) is 0 Å². The molecule has 46 heavy (non-hydrogen) atoms. The van der Waals surface area contributed by atoms with E-state index in [9.17, 15) is 0 Å². The molecular weight excluding hydrogens is 695 g/mol. The van der Waals surface area contributed by atoms with Crippen LogP contribution in [0.3, 0.4) is 0 Å². The van der Waals surface area contributed by atoms with E-state index in [0.29, 0.717) is 0 Å². The van der Waals surface area contributed by atoms with E-state index in [4.69, 9.17) is 0 Å². The van der Waals surface area contributed by atoms with Crippen molar-refractivity contribution in [1.29, 1.82) is 0 Å². The van der Waals surface area contributed by atoms with Crippen LogP contribution in [0.2, 0.25) is 0 Å². The number of halogens is 2. The van der Waals surface area contributed by atoms with Gasteiger partial charge in [0.15, 0.2) is 0 Å². The van der Waals surface area contributed by atoms with Crippen LogP contribution in [0.15, 0.2) is 146 Å². The maximum atomic E-state index is 3.06. The third-order valence-electron chi connectivity index (χ3n) is 7.95. The van der Waals surface area contributed by atoms with Gasteiger partial charge in [0.1, 0.15) is 0 Å². The average Bonchev–Trinajstić information content (AvgIpc) is 3.62. The first-order valence-corrected chi connectivity index (χ1v) is 18.4. The molecule has 0 aliphatic heterocycles. The minimum absolute atomic E-state index is 0. The fourth-order valence-electron chi connectivity index (χ4n) is 6.16. The van der Waals surface area contributed by atoms with Crippen molar-refractivity contribution in [2.45, 2.75) is 13.8 Å². The molecule has 0 unspecified atom stereocenters. The van der Waals surface area contributed by atoms with Crippen LogP contribution in [0.5, 0.6) is 0 Å². The quantitative estimate of drug-likeness (QED) is 0.123. The van der Waals surface area contributed by atoms with Gasteiger partial charge in [0.2, 0.25) is 0 Å². The number of aryl methyl sites for hydroxylation is 2. The summed E-state index contributed by atoms with van der Waals surface area (Å²) < 4.78 is 0. The van der Waals surface area contributed by atoms with E-state index >= 15 is 0 Å². The summed E-state index contributed by atoms with van der Waals surface area (Å²) in [7, 11) is 0. The second-order valence-electron chi connectivity index (χ2n) is 10.7. The van der Waals surface area contributed by atoms with Crippen LogP contribution < -0.4 is 0 Å². The molecule has 0 amide bonds. The summed E-state index contributed by atoms with van der Waals surface area (Å²) in [5.74, 6) is 0. The Bertz CT molecular complexity index is 2010. The summed E-state index contributed by atoms with van der Waals surface area (Å²) in [6.07, 6.45) is 0. The fourth-order valence-corrected chi connectivity index (χ4v) is 6.16. The molecule has 0 bridgehead atoms. The molecule has 232 valence electrons. The Morgan fingerprint density at radius 2 is 0.717 bits per heavy atom. The first-order valence-electron chi connectivity index (χ1n) is 14.2. The fraction of sp³-hybridized carbons (Fsp3) is 0.0476. The van der Waals surface area contributed by atoms with Crippen molar-refractivity contribution in [1.82, 2.24) is 0 Å². The van der Waals surface area contributed by atoms with E-state index in [-0.39, 0.29) is 39.7 Å². The molecule has 0 fully saturated rings. The van der Waals surface area contributed by atoms with E-state index in [2.05, 4.69) is 166 Å². The van der Waals surface area contributed by atoms with Crippen molar-refractivity contribution in [3.63, 3.8) is 0 Å². The van der Waals surface area contributed by atoms with Crippen LogP contribution >= 0.6 is 24.8 Å². The van der Waals surface area contributed by atoms with E-state index in [1.165, 1.54) is 99.8 Å². The van der Waals surface area contributed by atoms with Crippen LogP contribution in [0.1, 0.15) is 11.1 Å². The van der Waals surface area contributed by atoms with Gasteiger partial charge in [-0.25, -0.2) is 0 Å². The molecule has 0 saturated heterocycles. The Kier molecular flexibility index (Phi) is 14.9. The van der Waals surface area contributed by atoms with Gasteiger partial charge in [-0.15, -0.1) is 93.9 Å². The van der Waals surface area contributed by atoms with Crippen LogP contribution in [0, 0.1) is 28.7 Å². The molecule has 0 aliphatic carbocycles. The Morgan fingerprint density at radius 3 is 1.11 bits per heavy atom. The van der Waals surface area contributed by atoms with E-state index in [1.807, 2.05) is 0 Å². The predicted octanol–water partition coefficient (Wildman–Crippen LogP) is 12.7. The first-order chi connectivity index (χ1) is 20.7. The number of benzene rings is 6. The van der Waals surface area contributed by atoms with Crippen molar-refractivity contribution in [2.75, 3.05) is 0 Å². The number of hydrogen-bond donors (Lipinski definition) is 0. The van der Waals surface area contributed by atoms with E-state index in [1.54, 1.807) is 0 Å². The Morgan fingerprint density at radius 1 is 0.413 bits per heavy atom. The molecule has 0 N–H and O–H groups in total. The Balaban J connectivity index is 0.000000281. The van der Waals surface area contributed by atoms with Gasteiger partial charge >= 0.3 is 30.2 Å². The molecule has 0 atom stereocenters. The van der Waals surface area contributed by atoms with Crippen molar-refractivity contribution < 1.29 is 23.3 Å². The van der Waals surface area contributed by atoms with Crippen molar-refractivity contribution in [2.24, 2.45) is 0 Å². The summed E-state index contributed by atoms with van der Waals surface area (Å²) in [5.41, 5.74) is 7.94. The van der Waals surface area contributed by atoms with Crippen molar-refractivity contribution in [3.8, 4) is 22.3 Å². The summed E-state index contributed by atoms with van der Waals surface area (Å²) >= 11 is 1.36. The molecule has 8 rings (SSSR count). The Hall–Kier alpha value is -3.26. The van der Waals surface area contributed by atoms with E-state index < -0.39 is 0 Å². The van der Waals surface area contributed by atoms with Gasteiger partial charge in [-0.2, -0.15) is 12.1 Å². The van der Waals surface area contributed by atoms with Crippen molar-refractivity contribution in [3.05, 3.63) is 172 Å². The van der Waals surface area contributed by atoms with Gasteiger partial charge in [0.25, 0.3) is 0 Å². The minimum atomic E-state index is 0. The zero-order valence-corrected chi connectivity index (χ0v) is 31.8. The standard InChI is InChI=1S/2C20H15.2CH3.2ClH.Si.Zr/c2*1-14-12-16-8-5-11-19(20(16)13-14)18-10-4-7-15-6-2-3-9-17(15)18;;;;;;/h2*2-13H,1H3;2*1H3;2*1H;;/q4*-1;;;;.